The van der Waals surface area contributed by atoms with Gasteiger partial charge in [0.05, 0.1) is 0 Å². The third kappa shape index (κ3) is 6.86. The second kappa shape index (κ2) is 13.5. The van der Waals surface area contributed by atoms with E-state index in [4.69, 9.17) is 23.0 Å². The van der Waals surface area contributed by atoms with Crippen molar-refractivity contribution >= 4 is 30.6 Å². The summed E-state index contributed by atoms with van der Waals surface area (Å²) in [4.78, 5) is 5.78. The number of rotatable bonds is 9. The molecule has 1 heterocycles. The molecule has 1 aliphatic rings. The number of nitrogens with one attached hydrogen (secondary N) is 3. The van der Waals surface area contributed by atoms with Crippen LogP contribution in [-0.4, -0.2) is 26.5 Å². The molecule has 1 aromatic carbocycles. The van der Waals surface area contributed by atoms with Crippen LogP contribution >= 0.6 is 12.6 Å². The minimum Gasteiger partial charge on any atom is -0.393 e. The normalized spacial score (nSPS) is 21.8. The first-order chi connectivity index (χ1) is 16.8. The van der Waals surface area contributed by atoms with Gasteiger partial charge in [0.25, 0.3) is 0 Å². The van der Waals surface area contributed by atoms with Crippen LogP contribution in [0.4, 0.5) is 0 Å². The summed E-state index contributed by atoms with van der Waals surface area (Å²) in [6, 6.07) is 6.20. The Hall–Kier alpha value is -3.31. The lowest BCUT2D eigenvalue weighted by Gasteiger charge is -2.18. The van der Waals surface area contributed by atoms with Gasteiger partial charge in [-0.25, -0.2) is 0 Å². The molecule has 184 valence electrons. The maximum atomic E-state index is 7.85. The molecule has 3 N–H and O–H groups in total. The summed E-state index contributed by atoms with van der Waals surface area (Å²) < 4.78 is 0. The van der Waals surface area contributed by atoms with Crippen LogP contribution in [0.2, 0.25) is 0 Å². The lowest BCUT2D eigenvalue weighted by Crippen LogP contribution is -2.11. The Morgan fingerprint density at radius 1 is 1.11 bits per heavy atom. The van der Waals surface area contributed by atoms with Crippen molar-refractivity contribution in [2.24, 2.45) is 4.99 Å². The molecule has 0 amide bonds. The van der Waals surface area contributed by atoms with Gasteiger partial charge >= 0.3 is 0 Å². The van der Waals surface area contributed by atoms with Crippen molar-refractivity contribution in [2.45, 2.75) is 45.9 Å². The highest BCUT2D eigenvalue weighted by Crippen LogP contribution is 2.32. The van der Waals surface area contributed by atoms with E-state index in [0.29, 0.717) is 0 Å². The van der Waals surface area contributed by atoms with Crippen molar-refractivity contribution in [1.29, 1.82) is 5.41 Å². The third-order valence-electron chi connectivity index (χ3n) is 5.83. The molecular weight excluding hydrogens is 448 g/mol. The molecule has 35 heavy (non-hydrogen) atoms. The summed E-state index contributed by atoms with van der Waals surface area (Å²) in [7, 11) is 3.77. The Morgan fingerprint density at radius 2 is 1.86 bits per heavy atom. The van der Waals surface area contributed by atoms with Crippen LogP contribution in [0.3, 0.4) is 0 Å². The zero-order valence-corrected chi connectivity index (χ0v) is 22.8. The summed E-state index contributed by atoms with van der Waals surface area (Å²) in [6.45, 7) is 10.3. The predicted octanol–water partition coefficient (Wildman–Crippen LogP) is 7.11. The topological polar surface area (TPSA) is 60.3 Å². The van der Waals surface area contributed by atoms with Gasteiger partial charge in [0.2, 0.25) is 0 Å². The van der Waals surface area contributed by atoms with Gasteiger partial charge in [0.15, 0.2) is 0 Å². The van der Waals surface area contributed by atoms with Gasteiger partial charge in [0, 0.05) is 71.3 Å². The van der Waals surface area contributed by atoms with E-state index in [9.17, 15) is 0 Å². The quantitative estimate of drug-likeness (QED) is 0.171. The second-order valence-electron chi connectivity index (χ2n) is 8.27. The smallest absolute Gasteiger partial charge is 0.0454 e. The Bertz CT molecular complexity index is 1180. The molecule has 0 aromatic heterocycles. The molecule has 0 saturated heterocycles. The molecule has 0 atom stereocenters. The Balaban J connectivity index is 2.75. The van der Waals surface area contributed by atoms with Gasteiger partial charge in [-0.3, -0.25) is 4.99 Å². The number of likely N-dealkylation sites (N-methyl/N-ethyl adjacent to an activating group) is 1. The van der Waals surface area contributed by atoms with Crippen LogP contribution < -0.4 is 10.6 Å². The number of aliphatic imine (C=N–C) groups is 1. The number of aryl methyl sites for hydroxylation is 1. The number of benzene rings is 1. The monoisotopic (exact) mass is 486 g/mol. The van der Waals surface area contributed by atoms with Crippen LogP contribution in [0.1, 0.15) is 45.2 Å². The van der Waals surface area contributed by atoms with E-state index in [0.717, 1.165) is 61.7 Å². The standard InChI is InChI=1S/C30H38N4S/c1-8-11-23(30-20(3)12-10-13-28(30)35)16-26(27(9-2)33-7)24-15-14-21(4)29(22(5)34-19-24)25(17-31)18-32-6/h9-19,31-33,35H,8H2,1-7H3/b15-14?,21-14-,23-11-,24-15-,24-19?,25-18+,26-16-,27-9+,29-21?,29-22+,31-17?,34-19+,34-22?. The summed E-state index contributed by atoms with van der Waals surface area (Å²) in [6.07, 6.45) is 16.8. The van der Waals surface area contributed by atoms with Crippen molar-refractivity contribution in [3.8, 4) is 0 Å². The lowest BCUT2D eigenvalue weighted by atomic mass is 9.92. The second-order valence-corrected chi connectivity index (χ2v) is 8.75. The maximum Gasteiger partial charge on any atom is 0.0454 e. The van der Waals surface area contributed by atoms with Crippen molar-refractivity contribution in [3.63, 3.8) is 0 Å². The van der Waals surface area contributed by atoms with Crippen molar-refractivity contribution in [3.05, 3.63) is 105 Å². The van der Waals surface area contributed by atoms with Crippen molar-refractivity contribution in [1.82, 2.24) is 10.6 Å². The van der Waals surface area contributed by atoms with Gasteiger partial charge in [0.1, 0.15) is 0 Å². The molecule has 0 aliphatic carbocycles. The first-order valence-electron chi connectivity index (χ1n) is 11.9. The van der Waals surface area contributed by atoms with E-state index in [1.807, 2.05) is 52.5 Å². The van der Waals surface area contributed by atoms with Gasteiger partial charge in [-0.05, 0) is 68.5 Å². The van der Waals surface area contributed by atoms with Gasteiger partial charge in [-0.1, -0.05) is 43.4 Å². The van der Waals surface area contributed by atoms with Crippen molar-refractivity contribution in [2.75, 3.05) is 14.1 Å². The lowest BCUT2D eigenvalue weighted by molar-refractivity contribution is 1.00. The zero-order chi connectivity index (χ0) is 26.0. The largest absolute Gasteiger partial charge is 0.393 e. The van der Waals surface area contributed by atoms with Crippen LogP contribution in [0.5, 0.6) is 0 Å². The van der Waals surface area contributed by atoms with E-state index in [2.05, 4.69) is 67.9 Å². The summed E-state index contributed by atoms with van der Waals surface area (Å²) in [5, 5.41) is 14.2. The number of thiol groups is 1. The van der Waals surface area contributed by atoms with Crippen LogP contribution in [0.25, 0.3) is 5.57 Å². The Kier molecular flexibility index (Phi) is 10.8. The molecule has 4 nitrogen and oxygen atoms in total. The maximum absolute atomic E-state index is 7.85. The molecule has 0 spiro atoms. The number of nitrogens with zero attached hydrogens (tertiary/aromatic N) is 1. The highest BCUT2D eigenvalue weighted by Gasteiger charge is 2.15. The van der Waals surface area contributed by atoms with E-state index in [-0.39, 0.29) is 0 Å². The van der Waals surface area contributed by atoms with E-state index >= 15 is 0 Å². The van der Waals surface area contributed by atoms with Crippen LogP contribution in [-0.2, 0) is 0 Å². The Morgan fingerprint density at radius 3 is 2.43 bits per heavy atom. The Labute approximate surface area is 216 Å². The molecule has 0 saturated carbocycles. The van der Waals surface area contributed by atoms with Gasteiger partial charge in [-0.2, -0.15) is 0 Å². The number of hydrogen-bond donors (Lipinski definition) is 4. The predicted molar refractivity (Wildman–Crippen MR) is 157 cm³/mol. The minimum absolute atomic E-state index is 0.793. The van der Waals surface area contributed by atoms with E-state index < -0.39 is 0 Å². The van der Waals surface area contributed by atoms with Crippen molar-refractivity contribution < 1.29 is 0 Å². The van der Waals surface area contributed by atoms with E-state index in [1.165, 1.54) is 11.8 Å². The highest BCUT2D eigenvalue weighted by atomic mass is 32.1. The number of allylic oxidation sites excluding steroid dienone is 11. The fraction of sp³-hybridized carbons (Fsp3) is 0.267. The first-order valence-corrected chi connectivity index (χ1v) is 12.3. The highest BCUT2D eigenvalue weighted by molar-refractivity contribution is 7.80. The first kappa shape index (κ1) is 27.9. The third-order valence-corrected chi connectivity index (χ3v) is 6.21. The molecule has 1 aliphatic heterocycles. The fourth-order valence-electron chi connectivity index (χ4n) is 4.18. The summed E-state index contributed by atoms with van der Waals surface area (Å²) in [5.74, 6) is 0. The molecule has 5 heteroatoms. The molecule has 0 radical (unpaired) electrons. The molecule has 0 fully saturated rings. The van der Waals surface area contributed by atoms with E-state index in [1.54, 1.807) is 0 Å². The van der Waals surface area contributed by atoms with Gasteiger partial charge < -0.3 is 16.0 Å². The number of hydrogen-bond acceptors (Lipinski definition) is 5. The zero-order valence-electron chi connectivity index (χ0n) is 22.0. The average Bonchev–Trinajstić information content (AvgIpc) is 2.83. The molecular formula is C30H38N4S. The average molecular weight is 487 g/mol. The fourth-order valence-corrected chi connectivity index (χ4v) is 4.57. The molecule has 1 aromatic rings. The molecule has 0 bridgehead atoms. The SMILES string of the molecule is C\C=C(NC)/C(=C\C(=C\CC)c1c(C)cccc1S)C1=C\C=C(C)/C(C(/C=N)=C/NC)=C(C)\N=C\1. The van der Waals surface area contributed by atoms with Crippen LogP contribution in [0.15, 0.2) is 104 Å². The van der Waals surface area contributed by atoms with Crippen LogP contribution in [0, 0.1) is 12.3 Å². The summed E-state index contributed by atoms with van der Waals surface area (Å²) >= 11 is 4.77. The summed E-state index contributed by atoms with van der Waals surface area (Å²) in [5.41, 5.74) is 10.2. The minimum atomic E-state index is 0.793. The van der Waals surface area contributed by atoms with Gasteiger partial charge in [-0.15, -0.1) is 12.6 Å². The molecule has 0 unspecified atom stereocenters. The molecule has 2 rings (SSSR count).